The third-order valence-electron chi connectivity index (χ3n) is 4.16. The van der Waals surface area contributed by atoms with Gasteiger partial charge in [-0.1, -0.05) is 17.7 Å². The fourth-order valence-corrected chi connectivity index (χ4v) is 2.80. The number of methoxy groups -OCH3 is 1. The minimum Gasteiger partial charge on any atom is -0.497 e. The molecule has 0 amide bonds. The van der Waals surface area contributed by atoms with E-state index < -0.39 is 5.60 Å². The number of nitrogens with one attached hydrogen (secondary N) is 2. The summed E-state index contributed by atoms with van der Waals surface area (Å²) in [6.45, 7) is 5.33. The van der Waals surface area contributed by atoms with E-state index in [1.807, 2.05) is 26.1 Å². The first-order chi connectivity index (χ1) is 12.9. The van der Waals surface area contributed by atoms with Crippen LogP contribution in [0.1, 0.15) is 25.0 Å². The number of aryl methyl sites for hydroxylation is 1. The van der Waals surface area contributed by atoms with Gasteiger partial charge in [0, 0.05) is 36.9 Å². The molecule has 0 aliphatic heterocycles. The van der Waals surface area contributed by atoms with Crippen LogP contribution in [-0.4, -0.2) is 47.6 Å². The summed E-state index contributed by atoms with van der Waals surface area (Å²) < 4.78 is 6.83. The number of hydrogen-bond acceptors (Lipinski definition) is 4. The van der Waals surface area contributed by atoms with Crippen LogP contribution in [-0.2, 0) is 19.1 Å². The van der Waals surface area contributed by atoms with Crippen LogP contribution in [0.25, 0.3) is 0 Å². The number of halogens is 2. The Morgan fingerprint density at radius 3 is 2.71 bits per heavy atom. The standard InChI is InChI=1S/C19H28ClN5O2.HI/c1-5-21-18(23-13-19(2,26)15-11-24-25(3)12-15)22-9-8-14-6-7-16(27-4)10-17(14)20;/h6-7,10-12,26H,5,8-9,13H2,1-4H3,(H2,21,22,23);1H. The highest BCUT2D eigenvalue weighted by Gasteiger charge is 2.24. The molecular weight excluding hydrogens is 493 g/mol. The summed E-state index contributed by atoms with van der Waals surface area (Å²) in [6, 6.07) is 5.66. The lowest BCUT2D eigenvalue weighted by molar-refractivity contribution is 0.0672. The Hall–Kier alpha value is -1.52. The van der Waals surface area contributed by atoms with Crippen LogP contribution < -0.4 is 15.4 Å². The van der Waals surface area contributed by atoms with E-state index in [0.717, 1.165) is 29.8 Å². The number of aliphatic imine (C=N–C) groups is 1. The van der Waals surface area contributed by atoms with Gasteiger partial charge in [-0.05, 0) is 38.0 Å². The van der Waals surface area contributed by atoms with Crippen molar-refractivity contribution < 1.29 is 9.84 Å². The van der Waals surface area contributed by atoms with Gasteiger partial charge in [-0.3, -0.25) is 4.68 Å². The maximum Gasteiger partial charge on any atom is 0.191 e. The molecule has 0 bridgehead atoms. The smallest absolute Gasteiger partial charge is 0.191 e. The van der Waals surface area contributed by atoms with Crippen LogP contribution in [0.3, 0.4) is 0 Å². The van der Waals surface area contributed by atoms with E-state index in [4.69, 9.17) is 16.3 Å². The van der Waals surface area contributed by atoms with Gasteiger partial charge in [0.1, 0.15) is 11.4 Å². The van der Waals surface area contributed by atoms with Gasteiger partial charge < -0.3 is 20.5 Å². The quantitative estimate of drug-likeness (QED) is 0.283. The summed E-state index contributed by atoms with van der Waals surface area (Å²) in [6.07, 6.45) is 4.19. The Labute approximate surface area is 188 Å². The van der Waals surface area contributed by atoms with Gasteiger partial charge in [0.15, 0.2) is 5.96 Å². The molecule has 0 radical (unpaired) electrons. The second-order valence-corrected chi connectivity index (χ2v) is 6.91. The number of benzene rings is 1. The Kier molecular flexibility index (Phi) is 10.0. The van der Waals surface area contributed by atoms with Crippen LogP contribution in [0.15, 0.2) is 35.6 Å². The van der Waals surface area contributed by atoms with Crippen LogP contribution >= 0.6 is 35.6 Å². The van der Waals surface area contributed by atoms with Crippen LogP contribution in [0.2, 0.25) is 5.02 Å². The topological polar surface area (TPSA) is 83.7 Å². The number of rotatable bonds is 8. The van der Waals surface area contributed by atoms with Crippen LogP contribution in [0, 0.1) is 0 Å². The molecule has 2 rings (SSSR count). The van der Waals surface area contributed by atoms with Crippen molar-refractivity contribution in [1.82, 2.24) is 20.4 Å². The minimum atomic E-state index is -1.09. The number of aliphatic hydroxyl groups is 1. The van der Waals surface area contributed by atoms with Gasteiger partial charge >= 0.3 is 0 Å². The average Bonchev–Trinajstić information content (AvgIpc) is 3.08. The van der Waals surface area contributed by atoms with Gasteiger partial charge in [-0.25, -0.2) is 4.99 Å². The van der Waals surface area contributed by atoms with Crippen LogP contribution in [0.4, 0.5) is 0 Å². The second-order valence-electron chi connectivity index (χ2n) is 6.51. The van der Waals surface area contributed by atoms with Crippen molar-refractivity contribution in [3.8, 4) is 5.75 Å². The predicted octanol–water partition coefficient (Wildman–Crippen LogP) is 2.71. The maximum absolute atomic E-state index is 10.7. The SMILES string of the molecule is CCNC(=NCC(C)(O)c1cnn(C)c1)NCCc1ccc(OC)cc1Cl.I. The average molecular weight is 522 g/mol. The summed E-state index contributed by atoms with van der Waals surface area (Å²) in [5.74, 6) is 1.38. The van der Waals surface area contributed by atoms with Gasteiger partial charge in [0.2, 0.25) is 0 Å². The first kappa shape index (κ1) is 24.5. The second kappa shape index (κ2) is 11.5. The Bertz CT molecular complexity index is 779. The molecule has 28 heavy (non-hydrogen) atoms. The van der Waals surface area contributed by atoms with E-state index in [1.54, 1.807) is 37.2 Å². The lowest BCUT2D eigenvalue weighted by Crippen LogP contribution is -2.39. The Morgan fingerprint density at radius 1 is 1.39 bits per heavy atom. The molecule has 0 aliphatic rings. The molecule has 1 unspecified atom stereocenters. The Morgan fingerprint density at radius 2 is 2.14 bits per heavy atom. The zero-order valence-corrected chi connectivity index (χ0v) is 19.8. The summed E-state index contributed by atoms with van der Waals surface area (Å²) in [5, 5.41) is 21.9. The fraction of sp³-hybridized carbons (Fsp3) is 0.474. The summed E-state index contributed by atoms with van der Waals surface area (Å²) in [7, 11) is 3.44. The monoisotopic (exact) mass is 521 g/mol. The molecule has 7 nitrogen and oxygen atoms in total. The van der Waals surface area contributed by atoms with Gasteiger partial charge in [-0.15, -0.1) is 24.0 Å². The van der Waals surface area contributed by atoms with Crippen molar-refractivity contribution in [3.05, 3.63) is 46.7 Å². The number of guanidine groups is 1. The third-order valence-corrected chi connectivity index (χ3v) is 4.51. The van der Waals surface area contributed by atoms with Gasteiger partial charge in [-0.2, -0.15) is 5.10 Å². The highest BCUT2D eigenvalue weighted by Crippen LogP contribution is 2.22. The van der Waals surface area contributed by atoms with Crippen molar-refractivity contribution >= 4 is 41.5 Å². The van der Waals surface area contributed by atoms with E-state index in [-0.39, 0.29) is 30.5 Å². The zero-order valence-electron chi connectivity index (χ0n) is 16.7. The first-order valence-electron chi connectivity index (χ1n) is 8.92. The summed E-state index contributed by atoms with van der Waals surface area (Å²) >= 11 is 6.28. The molecule has 1 heterocycles. The maximum atomic E-state index is 10.7. The molecule has 0 spiro atoms. The Balaban J connectivity index is 0.00000392. The molecule has 0 aliphatic carbocycles. The molecule has 0 saturated heterocycles. The molecular formula is C19H29ClIN5O2. The van der Waals surface area contributed by atoms with E-state index in [1.165, 1.54) is 0 Å². The van der Waals surface area contributed by atoms with Crippen molar-refractivity contribution in [1.29, 1.82) is 0 Å². The fourth-order valence-electron chi connectivity index (χ4n) is 2.54. The molecule has 0 saturated carbocycles. The number of hydrogen-bond donors (Lipinski definition) is 3. The summed E-state index contributed by atoms with van der Waals surface area (Å²) in [4.78, 5) is 4.51. The van der Waals surface area contributed by atoms with E-state index in [0.29, 0.717) is 17.5 Å². The number of ether oxygens (including phenoxy) is 1. The van der Waals surface area contributed by atoms with Crippen LogP contribution in [0.5, 0.6) is 5.75 Å². The lowest BCUT2D eigenvalue weighted by Gasteiger charge is -2.20. The van der Waals surface area contributed by atoms with Gasteiger partial charge in [0.25, 0.3) is 0 Å². The first-order valence-corrected chi connectivity index (χ1v) is 9.29. The molecule has 1 aromatic heterocycles. The molecule has 1 aromatic carbocycles. The molecule has 1 atom stereocenters. The highest BCUT2D eigenvalue weighted by molar-refractivity contribution is 14.0. The van der Waals surface area contributed by atoms with Crippen molar-refractivity contribution in [2.75, 3.05) is 26.7 Å². The zero-order chi connectivity index (χ0) is 19.9. The molecule has 156 valence electrons. The van der Waals surface area contributed by atoms with Crippen molar-refractivity contribution in [2.45, 2.75) is 25.9 Å². The predicted molar refractivity (Wildman–Crippen MR) is 124 cm³/mol. The lowest BCUT2D eigenvalue weighted by atomic mass is 10.0. The normalized spacial score (nSPS) is 13.4. The van der Waals surface area contributed by atoms with E-state index in [9.17, 15) is 5.11 Å². The third kappa shape index (κ3) is 7.14. The van der Waals surface area contributed by atoms with Gasteiger partial charge in [0.05, 0.1) is 19.9 Å². The number of nitrogens with zero attached hydrogens (tertiary/aromatic N) is 3. The largest absolute Gasteiger partial charge is 0.497 e. The van der Waals surface area contributed by atoms with E-state index >= 15 is 0 Å². The molecule has 9 heteroatoms. The molecule has 3 N–H and O–H groups in total. The molecule has 2 aromatic rings. The minimum absolute atomic E-state index is 0. The van der Waals surface area contributed by atoms with Crippen molar-refractivity contribution in [2.24, 2.45) is 12.0 Å². The van der Waals surface area contributed by atoms with Crippen molar-refractivity contribution in [3.63, 3.8) is 0 Å². The van der Waals surface area contributed by atoms with E-state index in [2.05, 4.69) is 20.7 Å². The molecule has 0 fully saturated rings. The highest BCUT2D eigenvalue weighted by atomic mass is 127. The number of aromatic nitrogens is 2. The summed E-state index contributed by atoms with van der Waals surface area (Å²) in [5.41, 5.74) is 0.674.